The summed E-state index contributed by atoms with van der Waals surface area (Å²) in [6.45, 7) is 0.564. The maximum absolute atomic E-state index is 12.0. The maximum Gasteiger partial charge on any atom is 0.239 e. The quantitative estimate of drug-likeness (QED) is 0.416. The summed E-state index contributed by atoms with van der Waals surface area (Å²) >= 11 is 0. The van der Waals surface area contributed by atoms with Gasteiger partial charge in [0.15, 0.2) is 5.76 Å². The Morgan fingerprint density at radius 1 is 1.27 bits per heavy atom. The van der Waals surface area contributed by atoms with Crippen LogP contribution in [0, 0.1) is 0 Å². The summed E-state index contributed by atoms with van der Waals surface area (Å²) in [7, 11) is 0. The third kappa shape index (κ3) is 3.06. The van der Waals surface area contributed by atoms with E-state index in [2.05, 4.69) is 25.7 Å². The Balaban J connectivity index is 1.73. The molecule has 22 heavy (non-hydrogen) atoms. The molecule has 8 nitrogen and oxygen atoms in total. The molecular weight excluding hydrogens is 284 g/mol. The minimum absolute atomic E-state index is 0.0444. The number of nitrogens with zero attached hydrogens (tertiary/aromatic N) is 5. The van der Waals surface area contributed by atoms with Crippen LogP contribution in [0.5, 0.6) is 0 Å². The van der Waals surface area contributed by atoms with E-state index < -0.39 is 5.78 Å². The molecule has 110 valence electrons. The van der Waals surface area contributed by atoms with Gasteiger partial charge in [0.25, 0.3) is 0 Å². The molecule has 2 N–H and O–H groups in total. The SMILES string of the molecule is O=C(C=C(O)c1nn[nH]n1)c1ccn(Cc2ccccc2)n1. The van der Waals surface area contributed by atoms with Crippen LogP contribution in [0.15, 0.2) is 48.7 Å². The van der Waals surface area contributed by atoms with E-state index in [0.29, 0.717) is 6.54 Å². The fourth-order valence-electron chi connectivity index (χ4n) is 1.88. The number of ketones is 1. The zero-order valence-electron chi connectivity index (χ0n) is 11.4. The number of nitrogens with one attached hydrogen (secondary N) is 1. The van der Waals surface area contributed by atoms with Crippen molar-refractivity contribution in [2.75, 3.05) is 0 Å². The van der Waals surface area contributed by atoms with Crippen molar-refractivity contribution in [2.24, 2.45) is 0 Å². The zero-order valence-corrected chi connectivity index (χ0v) is 11.4. The van der Waals surface area contributed by atoms with E-state index >= 15 is 0 Å². The topological polar surface area (TPSA) is 110 Å². The Labute approximate surface area is 125 Å². The molecule has 0 aliphatic heterocycles. The zero-order chi connectivity index (χ0) is 15.4. The average molecular weight is 296 g/mol. The summed E-state index contributed by atoms with van der Waals surface area (Å²) < 4.78 is 1.65. The summed E-state index contributed by atoms with van der Waals surface area (Å²) in [6, 6.07) is 11.4. The maximum atomic E-state index is 12.0. The number of aliphatic hydroxyl groups excluding tert-OH is 1. The molecule has 0 amide bonds. The number of tetrazole rings is 1. The number of rotatable bonds is 5. The van der Waals surface area contributed by atoms with Crippen LogP contribution in [0.1, 0.15) is 21.9 Å². The molecule has 0 fully saturated rings. The third-order valence-electron chi connectivity index (χ3n) is 2.92. The van der Waals surface area contributed by atoms with Gasteiger partial charge in [0.2, 0.25) is 11.6 Å². The number of carbonyl (C=O) groups is 1. The van der Waals surface area contributed by atoms with Crippen LogP contribution in [0.2, 0.25) is 0 Å². The van der Waals surface area contributed by atoms with E-state index in [4.69, 9.17) is 0 Å². The highest BCUT2D eigenvalue weighted by molar-refractivity contribution is 6.06. The van der Waals surface area contributed by atoms with Crippen molar-refractivity contribution in [3.8, 4) is 0 Å². The highest BCUT2D eigenvalue weighted by atomic mass is 16.3. The first-order valence-corrected chi connectivity index (χ1v) is 6.48. The Morgan fingerprint density at radius 3 is 2.82 bits per heavy atom. The summed E-state index contributed by atoms with van der Waals surface area (Å²) in [5, 5.41) is 26.6. The van der Waals surface area contributed by atoms with Gasteiger partial charge in [-0.25, -0.2) is 0 Å². The van der Waals surface area contributed by atoms with Gasteiger partial charge in [-0.05, 0) is 16.8 Å². The van der Waals surface area contributed by atoms with Crippen LogP contribution in [0.3, 0.4) is 0 Å². The molecule has 0 atom stereocenters. The predicted octanol–water partition coefficient (Wildman–Crippen LogP) is 1.23. The number of aromatic amines is 1. The van der Waals surface area contributed by atoms with Gasteiger partial charge in [-0.15, -0.1) is 10.2 Å². The van der Waals surface area contributed by atoms with Crippen molar-refractivity contribution in [3.63, 3.8) is 0 Å². The van der Waals surface area contributed by atoms with Crippen LogP contribution < -0.4 is 0 Å². The van der Waals surface area contributed by atoms with Crippen molar-refractivity contribution in [1.82, 2.24) is 30.4 Å². The molecule has 8 heteroatoms. The molecule has 0 spiro atoms. The highest BCUT2D eigenvalue weighted by Gasteiger charge is 2.11. The van der Waals surface area contributed by atoms with Gasteiger partial charge >= 0.3 is 0 Å². The number of hydrogen-bond acceptors (Lipinski definition) is 6. The van der Waals surface area contributed by atoms with E-state index in [0.717, 1.165) is 11.6 Å². The van der Waals surface area contributed by atoms with Crippen molar-refractivity contribution in [2.45, 2.75) is 6.54 Å². The standard InChI is InChI=1S/C14H12N6O2/c21-12(8-13(22)14-15-18-19-16-14)11-6-7-20(17-11)9-10-4-2-1-3-5-10/h1-8,22H,9H2,(H,15,16,18,19). The first kappa shape index (κ1) is 13.7. The summed E-state index contributed by atoms with van der Waals surface area (Å²) in [6.07, 6.45) is 2.72. The van der Waals surface area contributed by atoms with Crippen LogP contribution in [0.4, 0.5) is 0 Å². The number of aromatic nitrogens is 6. The Kier molecular flexibility index (Phi) is 3.73. The van der Waals surface area contributed by atoms with Crippen LogP contribution >= 0.6 is 0 Å². The van der Waals surface area contributed by atoms with Gasteiger partial charge in [0.05, 0.1) is 6.54 Å². The molecule has 3 rings (SSSR count). The normalized spacial score (nSPS) is 11.5. The summed E-state index contributed by atoms with van der Waals surface area (Å²) in [5.74, 6) is -0.845. The second kappa shape index (κ2) is 6.00. The smallest absolute Gasteiger partial charge is 0.239 e. The van der Waals surface area contributed by atoms with Gasteiger partial charge in [0, 0.05) is 12.3 Å². The number of carbonyl (C=O) groups excluding carboxylic acids is 1. The minimum atomic E-state index is -0.436. The van der Waals surface area contributed by atoms with Crippen molar-refractivity contribution >= 4 is 11.5 Å². The van der Waals surface area contributed by atoms with Crippen LogP contribution in [-0.2, 0) is 6.54 Å². The molecule has 3 aromatic rings. The van der Waals surface area contributed by atoms with E-state index in [9.17, 15) is 9.90 Å². The predicted molar refractivity (Wildman–Crippen MR) is 76.9 cm³/mol. The summed E-state index contributed by atoms with van der Waals surface area (Å²) in [4.78, 5) is 12.0. The number of allylic oxidation sites excluding steroid dienone is 1. The number of hydrogen-bond donors (Lipinski definition) is 2. The monoisotopic (exact) mass is 296 g/mol. The molecule has 1 aromatic carbocycles. The van der Waals surface area contributed by atoms with Gasteiger partial charge in [-0.1, -0.05) is 30.3 Å². The molecule has 0 unspecified atom stereocenters. The molecule has 2 heterocycles. The molecule has 0 aliphatic rings. The van der Waals surface area contributed by atoms with Crippen molar-refractivity contribution in [3.05, 3.63) is 65.8 Å². The number of benzene rings is 1. The average Bonchev–Trinajstić information content (AvgIpc) is 3.19. The van der Waals surface area contributed by atoms with Gasteiger partial charge < -0.3 is 5.11 Å². The van der Waals surface area contributed by atoms with E-state index in [1.165, 1.54) is 0 Å². The fraction of sp³-hybridized carbons (Fsp3) is 0.0714. The molecule has 0 saturated heterocycles. The first-order valence-electron chi connectivity index (χ1n) is 6.48. The molecule has 2 aromatic heterocycles. The fourth-order valence-corrected chi connectivity index (χ4v) is 1.88. The molecular formula is C14H12N6O2. The third-order valence-corrected chi connectivity index (χ3v) is 2.92. The lowest BCUT2D eigenvalue weighted by Crippen LogP contribution is -2.04. The van der Waals surface area contributed by atoms with E-state index in [-0.39, 0.29) is 17.3 Å². The molecule has 0 aliphatic carbocycles. The van der Waals surface area contributed by atoms with Gasteiger partial charge in [-0.2, -0.15) is 10.3 Å². The summed E-state index contributed by atoms with van der Waals surface area (Å²) in [5.41, 5.74) is 1.31. The Bertz CT molecular complexity index is 792. The molecule has 0 bridgehead atoms. The Hall–Kier alpha value is -3.29. The van der Waals surface area contributed by atoms with E-state index in [1.807, 2.05) is 30.3 Å². The van der Waals surface area contributed by atoms with Gasteiger partial charge in [-0.3, -0.25) is 9.48 Å². The Morgan fingerprint density at radius 2 is 2.09 bits per heavy atom. The van der Waals surface area contributed by atoms with E-state index in [1.54, 1.807) is 16.9 Å². The molecule has 0 radical (unpaired) electrons. The highest BCUT2D eigenvalue weighted by Crippen LogP contribution is 2.07. The minimum Gasteiger partial charge on any atom is -0.504 e. The lowest BCUT2D eigenvalue weighted by molar-refractivity contribution is 0.104. The van der Waals surface area contributed by atoms with Crippen LogP contribution in [0.25, 0.3) is 5.76 Å². The largest absolute Gasteiger partial charge is 0.504 e. The van der Waals surface area contributed by atoms with Crippen molar-refractivity contribution in [1.29, 1.82) is 0 Å². The second-order valence-electron chi connectivity index (χ2n) is 4.51. The lowest BCUT2D eigenvalue weighted by atomic mass is 10.2. The molecule has 0 saturated carbocycles. The first-order chi connectivity index (χ1) is 10.7. The van der Waals surface area contributed by atoms with Crippen LogP contribution in [-0.4, -0.2) is 41.3 Å². The van der Waals surface area contributed by atoms with Gasteiger partial charge in [0.1, 0.15) is 5.69 Å². The second-order valence-corrected chi connectivity index (χ2v) is 4.51. The van der Waals surface area contributed by atoms with Crippen molar-refractivity contribution < 1.29 is 9.90 Å². The lowest BCUT2D eigenvalue weighted by Gasteiger charge is -2.00. The number of H-pyrrole nitrogens is 1. The number of aliphatic hydroxyl groups is 1.